The quantitative estimate of drug-likeness (QED) is 0.589. The summed E-state index contributed by atoms with van der Waals surface area (Å²) in [5.41, 5.74) is 2.44. The molecule has 3 N–H and O–H groups in total. The minimum Gasteiger partial charge on any atom is -0.481 e. The second kappa shape index (κ2) is 5.52. The van der Waals surface area contributed by atoms with Gasteiger partial charge in [0, 0.05) is 28.9 Å². The zero-order chi connectivity index (χ0) is 15.0. The summed E-state index contributed by atoms with van der Waals surface area (Å²) in [5.74, 6) is 0.965. The molecule has 5 nitrogen and oxygen atoms in total. The van der Waals surface area contributed by atoms with Crippen LogP contribution in [0.3, 0.4) is 0 Å². The Kier molecular flexibility index (Phi) is 3.71. The minimum absolute atomic E-state index is 0.105. The Morgan fingerprint density at radius 1 is 1.48 bits per heavy atom. The Morgan fingerprint density at radius 3 is 2.86 bits per heavy atom. The van der Waals surface area contributed by atoms with Gasteiger partial charge in [0.2, 0.25) is 5.90 Å². The SMILES string of the molecule is COC(=N)/C(C)=C1\C(=N)Sc2c1ccnc2NC1CCC1. The average Bonchev–Trinajstić information content (AvgIpc) is 2.77. The first-order chi connectivity index (χ1) is 10.1. The van der Waals surface area contributed by atoms with Crippen LogP contribution in [0.15, 0.2) is 22.7 Å². The van der Waals surface area contributed by atoms with E-state index in [0.29, 0.717) is 16.7 Å². The molecular weight excluding hydrogens is 284 g/mol. The summed E-state index contributed by atoms with van der Waals surface area (Å²) < 4.78 is 5.00. The number of aromatic nitrogens is 1. The summed E-state index contributed by atoms with van der Waals surface area (Å²) in [6.07, 6.45) is 5.40. The van der Waals surface area contributed by atoms with E-state index in [-0.39, 0.29) is 5.90 Å². The third-order valence-corrected chi connectivity index (χ3v) is 5.00. The van der Waals surface area contributed by atoms with Crippen LogP contribution in [0, 0.1) is 10.8 Å². The van der Waals surface area contributed by atoms with Gasteiger partial charge in [0.1, 0.15) is 10.9 Å². The number of hydrogen-bond acceptors (Lipinski definition) is 6. The van der Waals surface area contributed by atoms with Gasteiger partial charge in [0.05, 0.1) is 12.0 Å². The van der Waals surface area contributed by atoms with Gasteiger partial charge in [-0.1, -0.05) is 11.8 Å². The molecule has 0 aromatic carbocycles. The van der Waals surface area contributed by atoms with Gasteiger partial charge in [-0.05, 0) is 32.3 Å². The van der Waals surface area contributed by atoms with E-state index >= 15 is 0 Å². The number of nitrogens with zero attached hydrogens (tertiary/aromatic N) is 1. The molecule has 0 spiro atoms. The first kappa shape index (κ1) is 14.1. The number of anilines is 1. The van der Waals surface area contributed by atoms with Crippen LogP contribution in [-0.2, 0) is 4.74 Å². The number of methoxy groups -OCH3 is 1. The molecule has 1 aromatic rings. The number of hydrogen-bond donors (Lipinski definition) is 3. The molecule has 0 atom stereocenters. The molecule has 2 heterocycles. The maximum Gasteiger partial charge on any atom is 0.209 e. The fourth-order valence-corrected chi connectivity index (χ4v) is 3.57. The van der Waals surface area contributed by atoms with Gasteiger partial charge in [-0.3, -0.25) is 10.8 Å². The first-order valence-corrected chi connectivity index (χ1v) is 7.80. The third kappa shape index (κ3) is 2.44. The smallest absolute Gasteiger partial charge is 0.209 e. The monoisotopic (exact) mass is 302 g/mol. The summed E-state index contributed by atoms with van der Waals surface area (Å²) in [7, 11) is 1.48. The molecule has 1 saturated carbocycles. The van der Waals surface area contributed by atoms with Gasteiger partial charge in [-0.15, -0.1) is 0 Å². The van der Waals surface area contributed by atoms with Crippen LogP contribution >= 0.6 is 11.8 Å². The molecule has 21 heavy (non-hydrogen) atoms. The topological polar surface area (TPSA) is 81.8 Å². The highest BCUT2D eigenvalue weighted by atomic mass is 32.2. The molecule has 1 aliphatic carbocycles. The number of ether oxygens (including phenoxy) is 1. The van der Waals surface area contributed by atoms with Gasteiger partial charge < -0.3 is 10.1 Å². The van der Waals surface area contributed by atoms with Gasteiger partial charge in [0.25, 0.3) is 0 Å². The van der Waals surface area contributed by atoms with E-state index < -0.39 is 0 Å². The van der Waals surface area contributed by atoms with Crippen LogP contribution in [0.5, 0.6) is 0 Å². The van der Waals surface area contributed by atoms with E-state index in [1.165, 1.54) is 38.1 Å². The molecule has 0 unspecified atom stereocenters. The van der Waals surface area contributed by atoms with Crippen molar-refractivity contribution in [3.8, 4) is 0 Å². The predicted octanol–water partition coefficient (Wildman–Crippen LogP) is 3.53. The van der Waals surface area contributed by atoms with E-state index in [9.17, 15) is 0 Å². The summed E-state index contributed by atoms with van der Waals surface area (Å²) in [6, 6.07) is 2.42. The molecule has 0 bridgehead atoms. The molecule has 110 valence electrons. The molecule has 2 aliphatic rings. The van der Waals surface area contributed by atoms with Crippen molar-refractivity contribution in [1.29, 1.82) is 10.8 Å². The molecule has 1 aromatic heterocycles. The first-order valence-electron chi connectivity index (χ1n) is 6.98. The van der Waals surface area contributed by atoms with Gasteiger partial charge in [-0.25, -0.2) is 4.98 Å². The number of rotatable bonds is 3. The van der Waals surface area contributed by atoms with Crippen molar-refractivity contribution >= 4 is 34.1 Å². The van der Waals surface area contributed by atoms with Crippen molar-refractivity contribution in [3.63, 3.8) is 0 Å². The van der Waals surface area contributed by atoms with Crippen LogP contribution in [0.1, 0.15) is 31.7 Å². The van der Waals surface area contributed by atoms with Crippen molar-refractivity contribution in [2.75, 3.05) is 12.4 Å². The molecule has 3 rings (SSSR count). The Balaban J connectivity index is 2.01. The molecule has 6 heteroatoms. The van der Waals surface area contributed by atoms with Crippen LogP contribution in [0.25, 0.3) is 5.57 Å². The lowest BCUT2D eigenvalue weighted by Crippen LogP contribution is -2.27. The Labute approximate surface area is 128 Å². The lowest BCUT2D eigenvalue weighted by atomic mass is 9.93. The van der Waals surface area contributed by atoms with Crippen LogP contribution in [-0.4, -0.2) is 29.1 Å². The molecule has 0 radical (unpaired) electrons. The van der Waals surface area contributed by atoms with Crippen LogP contribution in [0.4, 0.5) is 5.82 Å². The molecule has 1 fully saturated rings. The number of nitrogens with one attached hydrogen (secondary N) is 3. The van der Waals surface area contributed by atoms with E-state index in [0.717, 1.165) is 21.8 Å². The summed E-state index contributed by atoms with van der Waals surface area (Å²) >= 11 is 1.41. The number of thioether (sulfide) groups is 1. The summed E-state index contributed by atoms with van der Waals surface area (Å²) in [6.45, 7) is 1.82. The maximum atomic E-state index is 8.23. The third-order valence-electron chi connectivity index (χ3n) is 3.97. The Bertz CT molecular complexity index is 649. The Hall–Kier alpha value is -1.82. The normalized spacial score (nSPS) is 19.8. The highest BCUT2D eigenvalue weighted by Gasteiger charge is 2.30. The van der Waals surface area contributed by atoms with Gasteiger partial charge in [-0.2, -0.15) is 0 Å². The minimum atomic E-state index is 0.105. The predicted molar refractivity (Wildman–Crippen MR) is 86.4 cm³/mol. The average molecular weight is 302 g/mol. The molecule has 0 amide bonds. The maximum absolute atomic E-state index is 8.23. The van der Waals surface area contributed by atoms with Crippen molar-refractivity contribution in [2.45, 2.75) is 37.1 Å². The van der Waals surface area contributed by atoms with E-state index in [1.54, 1.807) is 6.20 Å². The van der Waals surface area contributed by atoms with Crippen LogP contribution in [0.2, 0.25) is 0 Å². The van der Waals surface area contributed by atoms with Crippen molar-refractivity contribution in [1.82, 2.24) is 4.98 Å². The highest BCUT2D eigenvalue weighted by Crippen LogP contribution is 2.45. The Morgan fingerprint density at radius 2 is 2.24 bits per heavy atom. The lowest BCUT2D eigenvalue weighted by Gasteiger charge is -2.27. The van der Waals surface area contributed by atoms with E-state index in [4.69, 9.17) is 15.6 Å². The highest BCUT2D eigenvalue weighted by molar-refractivity contribution is 8.15. The summed E-state index contributed by atoms with van der Waals surface area (Å²) in [4.78, 5) is 5.42. The van der Waals surface area contributed by atoms with E-state index in [1.807, 2.05) is 13.0 Å². The summed E-state index contributed by atoms with van der Waals surface area (Å²) in [5, 5.41) is 20.0. The zero-order valence-corrected chi connectivity index (χ0v) is 12.9. The molecule has 0 saturated heterocycles. The van der Waals surface area contributed by atoms with Crippen molar-refractivity contribution < 1.29 is 4.74 Å². The van der Waals surface area contributed by atoms with Gasteiger partial charge >= 0.3 is 0 Å². The van der Waals surface area contributed by atoms with Crippen molar-refractivity contribution in [2.24, 2.45) is 0 Å². The second-order valence-electron chi connectivity index (χ2n) is 5.27. The fraction of sp³-hybridized carbons (Fsp3) is 0.400. The standard InChI is InChI=1S/C15H18N4OS/c1-8(13(16)20-2)11-10-6-7-18-15(12(10)21-14(11)17)19-9-4-3-5-9/h6-7,9,16-17H,3-5H2,1-2H3,(H,18,19)/b11-8-,16-13?,17-14?. The molecular formula is C15H18N4OS. The van der Waals surface area contributed by atoms with Crippen LogP contribution < -0.4 is 5.32 Å². The molecule has 1 aliphatic heterocycles. The lowest BCUT2D eigenvalue weighted by molar-refractivity contribution is 0.400. The van der Waals surface area contributed by atoms with Crippen molar-refractivity contribution in [3.05, 3.63) is 23.4 Å². The number of pyridine rings is 1. The number of fused-ring (bicyclic) bond motifs is 1. The zero-order valence-electron chi connectivity index (χ0n) is 12.1. The second-order valence-corrected chi connectivity index (χ2v) is 6.29. The van der Waals surface area contributed by atoms with E-state index in [2.05, 4.69) is 10.3 Å². The van der Waals surface area contributed by atoms with Gasteiger partial charge in [0.15, 0.2) is 0 Å². The fourth-order valence-electron chi connectivity index (χ4n) is 2.51. The largest absolute Gasteiger partial charge is 0.481 e.